The molecule has 146 valence electrons. The highest BCUT2D eigenvalue weighted by Gasteiger charge is 2.58. The van der Waals surface area contributed by atoms with Gasteiger partial charge in [0.05, 0.1) is 18.1 Å². The highest BCUT2D eigenvalue weighted by Crippen LogP contribution is 2.37. The monoisotopic (exact) mass is 408 g/mol. The van der Waals surface area contributed by atoms with E-state index in [2.05, 4.69) is 9.47 Å². The number of Topliss-reactive ketones (excluding diaryl/α,β-unsaturated/α-hetero) is 1. The number of hydrogen-bond donors (Lipinski definition) is 0. The molecule has 0 spiro atoms. The smallest absolute Gasteiger partial charge is 0.383 e. The van der Waals surface area contributed by atoms with Crippen molar-refractivity contribution in [2.45, 2.75) is 18.4 Å². The van der Waals surface area contributed by atoms with Gasteiger partial charge in [0.25, 0.3) is 0 Å². The van der Waals surface area contributed by atoms with Crippen molar-refractivity contribution in [3.05, 3.63) is 70.7 Å². The van der Waals surface area contributed by atoms with Crippen LogP contribution in [0.3, 0.4) is 0 Å². The number of carbonyl (C=O) groups excluding carboxylic acids is 3. The maximum absolute atomic E-state index is 15.0. The van der Waals surface area contributed by atoms with Crippen LogP contribution in [0.15, 0.2) is 54.6 Å². The Bertz CT molecular complexity index is 887. The number of alkyl halides is 2. The number of ether oxygens (including phenoxy) is 2. The van der Waals surface area contributed by atoms with E-state index in [9.17, 15) is 18.8 Å². The molecule has 8 heteroatoms. The first-order valence-electron chi connectivity index (χ1n) is 8.41. The summed E-state index contributed by atoms with van der Waals surface area (Å²) in [6, 6.07) is 13.0. The second-order valence-electron chi connectivity index (χ2n) is 6.20. The first-order chi connectivity index (χ1) is 13.3. The molecular formula is C20H15ClF2O5. The molecule has 2 aromatic rings. The zero-order valence-electron chi connectivity index (χ0n) is 14.4. The molecule has 3 rings (SSSR count). The van der Waals surface area contributed by atoms with Gasteiger partial charge < -0.3 is 9.47 Å². The number of carbonyl (C=O) groups is 3. The van der Waals surface area contributed by atoms with Crippen molar-refractivity contribution < 1.29 is 32.6 Å². The van der Waals surface area contributed by atoms with E-state index in [4.69, 9.17) is 11.6 Å². The summed E-state index contributed by atoms with van der Waals surface area (Å²) in [5.74, 6) is -8.71. The quantitative estimate of drug-likeness (QED) is 0.435. The van der Waals surface area contributed by atoms with Crippen LogP contribution in [0.1, 0.15) is 27.1 Å². The third-order valence-corrected chi connectivity index (χ3v) is 4.64. The highest BCUT2D eigenvalue weighted by molar-refractivity contribution is 6.30. The van der Waals surface area contributed by atoms with Crippen LogP contribution in [0.25, 0.3) is 0 Å². The third kappa shape index (κ3) is 3.95. The van der Waals surface area contributed by atoms with E-state index in [0.717, 1.165) is 0 Å². The molecule has 0 N–H and O–H groups in total. The molecule has 1 aliphatic heterocycles. The van der Waals surface area contributed by atoms with Crippen LogP contribution in [0.4, 0.5) is 8.78 Å². The van der Waals surface area contributed by atoms with Crippen molar-refractivity contribution >= 4 is 29.3 Å². The lowest BCUT2D eigenvalue weighted by Gasteiger charge is -2.35. The minimum absolute atomic E-state index is 0.0144. The van der Waals surface area contributed by atoms with Crippen LogP contribution in [-0.2, 0) is 14.3 Å². The van der Waals surface area contributed by atoms with Crippen LogP contribution in [0, 0.1) is 5.92 Å². The van der Waals surface area contributed by atoms with E-state index >= 15 is 4.39 Å². The summed E-state index contributed by atoms with van der Waals surface area (Å²) >= 11 is 5.76. The lowest BCUT2D eigenvalue weighted by atomic mass is 9.85. The van der Waals surface area contributed by atoms with Crippen molar-refractivity contribution in [1.82, 2.24) is 0 Å². The molecule has 0 bridgehead atoms. The van der Waals surface area contributed by atoms with E-state index in [1.54, 1.807) is 6.07 Å². The molecule has 1 saturated heterocycles. The van der Waals surface area contributed by atoms with E-state index in [1.165, 1.54) is 48.5 Å². The van der Waals surface area contributed by atoms with Crippen molar-refractivity contribution in [2.75, 3.05) is 6.61 Å². The second kappa shape index (κ2) is 8.16. The van der Waals surface area contributed by atoms with Gasteiger partial charge in [-0.05, 0) is 42.8 Å². The first kappa shape index (κ1) is 20.1. The molecule has 0 saturated carbocycles. The molecule has 0 radical (unpaired) electrons. The van der Waals surface area contributed by atoms with E-state index in [0.29, 0.717) is 5.02 Å². The minimum atomic E-state index is -3.56. The van der Waals surface area contributed by atoms with Gasteiger partial charge in [-0.15, -0.1) is 0 Å². The first-order valence-corrected chi connectivity index (χ1v) is 8.79. The van der Waals surface area contributed by atoms with Gasteiger partial charge in [-0.2, -0.15) is 4.39 Å². The number of esters is 2. The molecule has 0 aromatic heterocycles. The third-order valence-electron chi connectivity index (χ3n) is 4.39. The van der Waals surface area contributed by atoms with Crippen molar-refractivity contribution in [2.24, 2.45) is 5.92 Å². The van der Waals surface area contributed by atoms with E-state index in [1.807, 2.05) is 0 Å². The fourth-order valence-electron chi connectivity index (χ4n) is 2.87. The average molecular weight is 409 g/mol. The minimum Gasteiger partial charge on any atom is -0.385 e. The number of hydrogen-bond acceptors (Lipinski definition) is 5. The van der Waals surface area contributed by atoms with Gasteiger partial charge in [0.2, 0.25) is 0 Å². The molecule has 28 heavy (non-hydrogen) atoms. The Morgan fingerprint density at radius 3 is 2.32 bits per heavy atom. The van der Waals surface area contributed by atoms with Gasteiger partial charge in [0.15, 0.2) is 12.0 Å². The van der Waals surface area contributed by atoms with Gasteiger partial charge in [0.1, 0.15) is 0 Å². The van der Waals surface area contributed by atoms with Gasteiger partial charge in [-0.3, -0.25) is 4.79 Å². The number of ketones is 1. The summed E-state index contributed by atoms with van der Waals surface area (Å²) in [6.07, 6.45) is -2.77. The molecule has 5 nitrogen and oxygen atoms in total. The Kier molecular flexibility index (Phi) is 5.86. The molecule has 3 unspecified atom stereocenters. The Labute approximate surface area is 164 Å². The topological polar surface area (TPSA) is 69.7 Å². The molecular weight excluding hydrogens is 394 g/mol. The van der Waals surface area contributed by atoms with E-state index < -0.39 is 42.3 Å². The molecule has 0 aliphatic carbocycles. The lowest BCUT2D eigenvalue weighted by molar-refractivity contribution is -0.233. The predicted molar refractivity (Wildman–Crippen MR) is 95.4 cm³/mol. The fraction of sp³-hybridized carbons (Fsp3) is 0.250. The van der Waals surface area contributed by atoms with Crippen LogP contribution < -0.4 is 0 Å². The van der Waals surface area contributed by atoms with Crippen LogP contribution >= 0.6 is 11.6 Å². The second-order valence-corrected chi connectivity index (χ2v) is 6.64. The molecule has 1 fully saturated rings. The van der Waals surface area contributed by atoms with Gasteiger partial charge in [0, 0.05) is 10.6 Å². The summed E-state index contributed by atoms with van der Waals surface area (Å²) in [7, 11) is 0. The van der Waals surface area contributed by atoms with Crippen molar-refractivity contribution in [3.63, 3.8) is 0 Å². The van der Waals surface area contributed by atoms with Gasteiger partial charge in [-0.1, -0.05) is 29.8 Å². The summed E-state index contributed by atoms with van der Waals surface area (Å²) in [5.41, 5.74) is 0.106. The van der Waals surface area contributed by atoms with Crippen molar-refractivity contribution in [3.8, 4) is 0 Å². The molecule has 2 aromatic carbocycles. The lowest BCUT2D eigenvalue weighted by Crippen LogP contribution is -2.55. The highest BCUT2D eigenvalue weighted by atomic mass is 35.5. The average Bonchev–Trinajstić information content (AvgIpc) is 2.70. The molecule has 1 heterocycles. The number of rotatable bonds is 4. The van der Waals surface area contributed by atoms with E-state index in [-0.39, 0.29) is 17.5 Å². The van der Waals surface area contributed by atoms with Gasteiger partial charge >= 0.3 is 17.8 Å². The zero-order chi connectivity index (χ0) is 20.3. The largest absolute Gasteiger partial charge is 0.385 e. The van der Waals surface area contributed by atoms with Crippen LogP contribution in [0.2, 0.25) is 5.02 Å². The summed E-state index contributed by atoms with van der Waals surface area (Å²) < 4.78 is 39.0. The Hall–Kier alpha value is -2.64. The van der Waals surface area contributed by atoms with Crippen LogP contribution in [-0.4, -0.2) is 36.4 Å². The Morgan fingerprint density at radius 1 is 1.04 bits per heavy atom. The summed E-state index contributed by atoms with van der Waals surface area (Å²) in [6.45, 7) is -0.393. The zero-order valence-corrected chi connectivity index (χ0v) is 15.2. The summed E-state index contributed by atoms with van der Waals surface area (Å²) in [4.78, 5) is 36.7. The Morgan fingerprint density at radius 2 is 1.68 bits per heavy atom. The number of benzene rings is 2. The fourth-order valence-corrected chi connectivity index (χ4v) is 3.00. The maximum Gasteiger partial charge on any atom is 0.383 e. The standard InChI is InChI=1S/C20H15ClF2O5/c21-14-8-6-12(7-9-14)16(24)15-10-11-27-20(23,17(15)22)19(26)28-18(25)13-4-2-1-3-5-13/h1-9,15,17H,10-11H2. The predicted octanol–water partition coefficient (Wildman–Crippen LogP) is 3.95. The molecule has 1 aliphatic rings. The summed E-state index contributed by atoms with van der Waals surface area (Å²) in [5, 5.41) is 0.378. The normalized spacial score (nSPS) is 24.4. The maximum atomic E-state index is 15.0. The van der Waals surface area contributed by atoms with Crippen molar-refractivity contribution in [1.29, 1.82) is 0 Å². The van der Waals surface area contributed by atoms with Crippen LogP contribution in [0.5, 0.6) is 0 Å². The van der Waals surface area contributed by atoms with Gasteiger partial charge in [-0.25, -0.2) is 14.0 Å². The Balaban J connectivity index is 1.77. The SMILES string of the molecule is O=C(OC(=O)C1(F)OCCC(C(=O)c2ccc(Cl)cc2)C1F)c1ccccc1. The number of halogens is 3. The molecule has 3 atom stereocenters. The molecule has 0 amide bonds.